The molecule has 0 aromatic heterocycles. The Morgan fingerprint density at radius 2 is 2.00 bits per heavy atom. The van der Waals surface area contributed by atoms with Crippen molar-refractivity contribution < 1.29 is 23.1 Å². The molecule has 0 atom stereocenters. The van der Waals surface area contributed by atoms with Gasteiger partial charge in [0.1, 0.15) is 0 Å². The van der Waals surface area contributed by atoms with Gasteiger partial charge in [0.05, 0.1) is 6.61 Å². The average Bonchev–Trinajstić information content (AvgIpc) is 2.16. The average molecular weight is 253 g/mol. The van der Waals surface area contributed by atoms with Crippen molar-refractivity contribution in [2.45, 2.75) is 26.2 Å². The minimum absolute atomic E-state index is 0.107. The highest BCUT2D eigenvalue weighted by molar-refractivity contribution is 7.90. The zero-order valence-corrected chi connectivity index (χ0v) is 10.3. The third-order valence-corrected chi connectivity index (χ3v) is 3.03. The standard InChI is InChI=1S/C9H19NO5S/c1-2-15-9(12)8-16(13,14)10-6-4-3-5-7-11/h10-11H,2-8H2,1H3. The summed E-state index contributed by atoms with van der Waals surface area (Å²) in [6, 6.07) is 0. The van der Waals surface area contributed by atoms with Gasteiger partial charge in [0.25, 0.3) is 0 Å². The van der Waals surface area contributed by atoms with Crippen molar-refractivity contribution in [1.82, 2.24) is 4.72 Å². The minimum atomic E-state index is -3.58. The lowest BCUT2D eigenvalue weighted by atomic mass is 10.2. The van der Waals surface area contributed by atoms with Gasteiger partial charge in [0.2, 0.25) is 10.0 Å². The Labute approximate surface area is 96.0 Å². The Bertz CT molecular complexity index is 288. The molecule has 0 aliphatic carbocycles. The summed E-state index contributed by atoms with van der Waals surface area (Å²) < 4.78 is 29.4. The van der Waals surface area contributed by atoms with E-state index in [4.69, 9.17) is 5.11 Å². The van der Waals surface area contributed by atoms with Gasteiger partial charge in [-0.1, -0.05) is 0 Å². The van der Waals surface area contributed by atoms with Crippen molar-refractivity contribution in [2.75, 3.05) is 25.5 Å². The lowest BCUT2D eigenvalue weighted by molar-refractivity contribution is -0.139. The number of unbranched alkanes of at least 4 members (excludes halogenated alkanes) is 2. The fourth-order valence-electron chi connectivity index (χ4n) is 1.05. The van der Waals surface area contributed by atoms with Crippen LogP contribution in [0.5, 0.6) is 0 Å². The molecule has 0 saturated heterocycles. The van der Waals surface area contributed by atoms with Crippen LogP contribution in [0.4, 0.5) is 0 Å². The molecule has 0 heterocycles. The number of carbonyl (C=O) groups is 1. The molecule has 0 amide bonds. The molecule has 7 heteroatoms. The molecule has 0 aliphatic rings. The van der Waals surface area contributed by atoms with Crippen LogP contribution in [0.25, 0.3) is 0 Å². The Balaban J connectivity index is 3.74. The first kappa shape index (κ1) is 15.3. The van der Waals surface area contributed by atoms with Gasteiger partial charge in [-0.15, -0.1) is 0 Å². The van der Waals surface area contributed by atoms with E-state index in [1.807, 2.05) is 0 Å². The summed E-state index contributed by atoms with van der Waals surface area (Å²) in [6.45, 7) is 2.18. The van der Waals surface area contributed by atoms with Gasteiger partial charge >= 0.3 is 5.97 Å². The van der Waals surface area contributed by atoms with E-state index >= 15 is 0 Å². The highest BCUT2D eigenvalue weighted by atomic mass is 32.2. The van der Waals surface area contributed by atoms with Crippen LogP contribution >= 0.6 is 0 Å². The summed E-state index contributed by atoms with van der Waals surface area (Å²) >= 11 is 0. The Hall–Kier alpha value is -0.660. The summed E-state index contributed by atoms with van der Waals surface area (Å²) in [5.41, 5.74) is 0. The van der Waals surface area contributed by atoms with Crippen LogP contribution in [0.1, 0.15) is 26.2 Å². The molecular formula is C9H19NO5S. The van der Waals surface area contributed by atoms with E-state index in [1.54, 1.807) is 6.92 Å². The largest absolute Gasteiger partial charge is 0.465 e. The van der Waals surface area contributed by atoms with Crippen LogP contribution < -0.4 is 4.72 Å². The molecule has 0 saturated carbocycles. The molecule has 0 aromatic rings. The summed E-state index contributed by atoms with van der Waals surface area (Å²) in [7, 11) is -3.58. The zero-order valence-electron chi connectivity index (χ0n) is 9.44. The van der Waals surface area contributed by atoms with Gasteiger partial charge in [-0.2, -0.15) is 0 Å². The number of aliphatic hydroxyl groups excluding tert-OH is 1. The Kier molecular flexibility index (Phi) is 8.14. The van der Waals surface area contributed by atoms with E-state index < -0.39 is 21.7 Å². The van der Waals surface area contributed by atoms with Crippen molar-refractivity contribution >= 4 is 16.0 Å². The van der Waals surface area contributed by atoms with E-state index in [0.29, 0.717) is 12.8 Å². The lowest BCUT2D eigenvalue weighted by Gasteiger charge is -2.05. The lowest BCUT2D eigenvalue weighted by Crippen LogP contribution is -2.31. The number of aliphatic hydroxyl groups is 1. The quantitative estimate of drug-likeness (QED) is 0.432. The normalized spacial score (nSPS) is 11.4. The molecule has 0 unspecified atom stereocenters. The third kappa shape index (κ3) is 8.63. The van der Waals surface area contributed by atoms with E-state index in [9.17, 15) is 13.2 Å². The first-order valence-electron chi connectivity index (χ1n) is 5.25. The van der Waals surface area contributed by atoms with Crippen molar-refractivity contribution in [3.05, 3.63) is 0 Å². The van der Waals surface area contributed by atoms with Gasteiger partial charge in [-0.3, -0.25) is 4.79 Å². The number of ether oxygens (including phenoxy) is 1. The highest BCUT2D eigenvalue weighted by Crippen LogP contribution is 1.94. The van der Waals surface area contributed by atoms with Crippen molar-refractivity contribution in [2.24, 2.45) is 0 Å². The predicted molar refractivity (Wildman–Crippen MR) is 59.4 cm³/mol. The number of rotatable bonds is 9. The van der Waals surface area contributed by atoms with Crippen molar-refractivity contribution in [3.8, 4) is 0 Å². The smallest absolute Gasteiger partial charge is 0.322 e. The first-order chi connectivity index (χ1) is 7.52. The van der Waals surface area contributed by atoms with Crippen LogP contribution in [-0.4, -0.2) is 45.0 Å². The summed E-state index contributed by atoms with van der Waals surface area (Å²) in [6.07, 6.45) is 2.04. The molecule has 0 spiro atoms. The second kappa shape index (κ2) is 8.49. The Morgan fingerprint density at radius 3 is 2.56 bits per heavy atom. The minimum Gasteiger partial charge on any atom is -0.465 e. The van der Waals surface area contributed by atoms with E-state index in [2.05, 4.69) is 9.46 Å². The van der Waals surface area contributed by atoms with Crippen LogP contribution in [0.3, 0.4) is 0 Å². The molecule has 96 valence electrons. The topological polar surface area (TPSA) is 92.7 Å². The van der Waals surface area contributed by atoms with Gasteiger partial charge in [-0.05, 0) is 26.2 Å². The van der Waals surface area contributed by atoms with Crippen LogP contribution in [-0.2, 0) is 19.6 Å². The van der Waals surface area contributed by atoms with Crippen LogP contribution in [0.2, 0.25) is 0 Å². The number of carbonyl (C=O) groups excluding carboxylic acids is 1. The number of hydrogen-bond donors (Lipinski definition) is 2. The van der Waals surface area contributed by atoms with Crippen LogP contribution in [0, 0.1) is 0 Å². The van der Waals surface area contributed by atoms with Gasteiger partial charge in [0.15, 0.2) is 5.75 Å². The third-order valence-electron chi connectivity index (χ3n) is 1.77. The van der Waals surface area contributed by atoms with Crippen molar-refractivity contribution in [3.63, 3.8) is 0 Å². The summed E-state index contributed by atoms with van der Waals surface area (Å²) in [5.74, 6) is -1.38. The number of nitrogens with one attached hydrogen (secondary N) is 1. The molecule has 6 nitrogen and oxygen atoms in total. The fourth-order valence-corrected chi connectivity index (χ4v) is 2.00. The monoisotopic (exact) mass is 253 g/mol. The molecule has 0 aromatic carbocycles. The maximum Gasteiger partial charge on any atom is 0.322 e. The second-order valence-corrected chi connectivity index (χ2v) is 5.05. The molecule has 0 aliphatic heterocycles. The molecule has 2 N–H and O–H groups in total. The van der Waals surface area contributed by atoms with Crippen LogP contribution in [0.15, 0.2) is 0 Å². The second-order valence-electron chi connectivity index (χ2n) is 3.24. The fraction of sp³-hybridized carbons (Fsp3) is 0.889. The molecule has 0 fully saturated rings. The SMILES string of the molecule is CCOC(=O)CS(=O)(=O)NCCCCCO. The predicted octanol–water partition coefficient (Wildman–Crippen LogP) is -0.368. The summed E-state index contributed by atoms with van der Waals surface area (Å²) in [5, 5.41) is 8.50. The molecule has 0 radical (unpaired) electrons. The molecule has 0 rings (SSSR count). The number of hydrogen-bond acceptors (Lipinski definition) is 5. The maximum absolute atomic E-state index is 11.3. The van der Waals surface area contributed by atoms with E-state index in [-0.39, 0.29) is 19.8 Å². The first-order valence-corrected chi connectivity index (χ1v) is 6.91. The van der Waals surface area contributed by atoms with E-state index in [0.717, 1.165) is 6.42 Å². The van der Waals surface area contributed by atoms with E-state index in [1.165, 1.54) is 0 Å². The zero-order chi connectivity index (χ0) is 12.4. The van der Waals surface area contributed by atoms with Gasteiger partial charge in [-0.25, -0.2) is 13.1 Å². The maximum atomic E-state index is 11.3. The molecule has 0 bridgehead atoms. The summed E-state index contributed by atoms with van der Waals surface area (Å²) in [4.78, 5) is 10.9. The van der Waals surface area contributed by atoms with Gasteiger partial charge in [0, 0.05) is 13.2 Å². The molecular weight excluding hydrogens is 234 g/mol. The highest BCUT2D eigenvalue weighted by Gasteiger charge is 2.16. The molecule has 16 heavy (non-hydrogen) atoms. The number of esters is 1. The van der Waals surface area contributed by atoms with Gasteiger partial charge < -0.3 is 9.84 Å². The van der Waals surface area contributed by atoms with Crippen molar-refractivity contribution in [1.29, 1.82) is 0 Å². The number of sulfonamides is 1. The Morgan fingerprint density at radius 1 is 1.31 bits per heavy atom.